The summed E-state index contributed by atoms with van der Waals surface area (Å²) in [4.78, 5) is 44.7. The number of anilines is 2. The van der Waals surface area contributed by atoms with Crippen LogP contribution in [0.1, 0.15) is 60.2 Å². The van der Waals surface area contributed by atoms with E-state index in [-0.39, 0.29) is 17.4 Å². The van der Waals surface area contributed by atoms with Gasteiger partial charge in [-0.05, 0) is 55.5 Å². The van der Waals surface area contributed by atoms with Crippen molar-refractivity contribution in [3.63, 3.8) is 0 Å². The standard InChI is InChI=1S/C28H35FN4O3/c1-20(2)18-26(34)32-16-14-31(15-17-32)25-11-10-21(30-27(35)22-8-4-5-9-24(22)29)19-23(25)28(36)33-12-6-3-7-13-33/h4-5,8-11,19-20H,3,6-7,12-18H2,1-2H3,(H,30,35). The zero-order valence-electron chi connectivity index (χ0n) is 21.1. The number of likely N-dealkylation sites (tertiary alicyclic amines) is 1. The number of piperidine rings is 1. The van der Waals surface area contributed by atoms with Gasteiger partial charge < -0.3 is 20.0 Å². The minimum Gasteiger partial charge on any atom is -0.367 e. The Hall–Kier alpha value is -3.42. The highest BCUT2D eigenvalue weighted by Gasteiger charge is 2.27. The summed E-state index contributed by atoms with van der Waals surface area (Å²) in [5.41, 5.74) is 1.71. The number of piperazine rings is 1. The molecule has 0 aromatic heterocycles. The second-order valence-electron chi connectivity index (χ2n) is 9.98. The smallest absolute Gasteiger partial charge is 0.258 e. The van der Waals surface area contributed by atoms with Crippen LogP contribution in [0.4, 0.5) is 15.8 Å². The molecule has 0 spiro atoms. The molecule has 3 amide bonds. The molecule has 36 heavy (non-hydrogen) atoms. The monoisotopic (exact) mass is 494 g/mol. The molecule has 7 nitrogen and oxygen atoms in total. The van der Waals surface area contributed by atoms with Crippen molar-refractivity contribution < 1.29 is 18.8 Å². The topological polar surface area (TPSA) is 73.0 Å². The number of halogens is 1. The lowest BCUT2D eigenvalue weighted by Crippen LogP contribution is -2.49. The van der Waals surface area contributed by atoms with Crippen LogP contribution in [0, 0.1) is 11.7 Å². The van der Waals surface area contributed by atoms with Crippen LogP contribution in [-0.2, 0) is 4.79 Å². The molecule has 2 aliphatic rings. The number of carbonyl (C=O) groups excluding carboxylic acids is 3. The van der Waals surface area contributed by atoms with Crippen molar-refractivity contribution in [2.75, 3.05) is 49.5 Å². The maximum atomic E-state index is 14.1. The van der Waals surface area contributed by atoms with Gasteiger partial charge in [0.15, 0.2) is 0 Å². The fourth-order valence-corrected chi connectivity index (χ4v) is 4.85. The van der Waals surface area contributed by atoms with Crippen LogP contribution in [0.3, 0.4) is 0 Å². The third kappa shape index (κ3) is 6.04. The highest BCUT2D eigenvalue weighted by Crippen LogP contribution is 2.28. The number of amides is 3. The Morgan fingerprint density at radius 1 is 0.861 bits per heavy atom. The summed E-state index contributed by atoms with van der Waals surface area (Å²) in [5, 5.41) is 2.75. The molecule has 2 saturated heterocycles. The van der Waals surface area contributed by atoms with E-state index < -0.39 is 11.7 Å². The Morgan fingerprint density at radius 3 is 2.22 bits per heavy atom. The van der Waals surface area contributed by atoms with Gasteiger partial charge in [0.1, 0.15) is 5.82 Å². The van der Waals surface area contributed by atoms with Crippen molar-refractivity contribution in [2.24, 2.45) is 5.92 Å². The van der Waals surface area contributed by atoms with E-state index in [1.54, 1.807) is 18.2 Å². The average molecular weight is 495 g/mol. The molecule has 2 aromatic rings. The van der Waals surface area contributed by atoms with Gasteiger partial charge in [-0.2, -0.15) is 0 Å². The van der Waals surface area contributed by atoms with E-state index in [1.165, 1.54) is 18.2 Å². The first-order chi connectivity index (χ1) is 17.3. The van der Waals surface area contributed by atoms with Crippen molar-refractivity contribution >= 4 is 29.1 Å². The molecule has 2 aliphatic heterocycles. The summed E-state index contributed by atoms with van der Waals surface area (Å²) in [6, 6.07) is 11.1. The number of nitrogens with one attached hydrogen (secondary N) is 1. The quantitative estimate of drug-likeness (QED) is 0.646. The van der Waals surface area contributed by atoms with Crippen molar-refractivity contribution in [3.05, 3.63) is 59.4 Å². The van der Waals surface area contributed by atoms with E-state index in [2.05, 4.69) is 10.2 Å². The van der Waals surface area contributed by atoms with Crippen LogP contribution in [0.25, 0.3) is 0 Å². The number of carbonyl (C=O) groups is 3. The summed E-state index contributed by atoms with van der Waals surface area (Å²) in [6.07, 6.45) is 3.60. The Bertz CT molecular complexity index is 1110. The lowest BCUT2D eigenvalue weighted by atomic mass is 10.0. The molecule has 4 rings (SSSR count). The van der Waals surface area contributed by atoms with E-state index >= 15 is 0 Å². The van der Waals surface area contributed by atoms with Crippen molar-refractivity contribution in [3.8, 4) is 0 Å². The minimum atomic E-state index is -0.596. The third-order valence-electron chi connectivity index (χ3n) is 6.80. The fourth-order valence-electron chi connectivity index (χ4n) is 4.85. The van der Waals surface area contributed by atoms with E-state index in [0.29, 0.717) is 62.9 Å². The molecule has 2 aromatic carbocycles. The van der Waals surface area contributed by atoms with E-state index in [1.807, 2.05) is 29.7 Å². The number of nitrogens with zero attached hydrogens (tertiary/aromatic N) is 3. The fraction of sp³-hybridized carbons (Fsp3) is 0.464. The van der Waals surface area contributed by atoms with E-state index in [4.69, 9.17) is 0 Å². The Balaban J connectivity index is 1.56. The first-order valence-corrected chi connectivity index (χ1v) is 12.9. The van der Waals surface area contributed by atoms with E-state index in [0.717, 1.165) is 24.9 Å². The summed E-state index contributed by atoms with van der Waals surface area (Å²) in [5.74, 6) is -0.738. The highest BCUT2D eigenvalue weighted by molar-refractivity contribution is 6.06. The maximum absolute atomic E-state index is 14.1. The molecule has 192 valence electrons. The lowest BCUT2D eigenvalue weighted by molar-refractivity contribution is -0.132. The molecule has 0 unspecified atom stereocenters. The zero-order chi connectivity index (χ0) is 25.7. The SMILES string of the molecule is CC(C)CC(=O)N1CCN(c2ccc(NC(=O)c3ccccc3F)cc2C(=O)N2CCCCC2)CC1. The van der Waals surface area contributed by atoms with Gasteiger partial charge in [0.05, 0.1) is 11.1 Å². The van der Waals surface area contributed by atoms with Crippen LogP contribution in [-0.4, -0.2) is 66.8 Å². The predicted octanol–water partition coefficient (Wildman–Crippen LogP) is 4.40. The number of rotatable bonds is 6. The van der Waals surface area contributed by atoms with Crippen LogP contribution in [0.15, 0.2) is 42.5 Å². The van der Waals surface area contributed by atoms with Gasteiger partial charge in [0, 0.05) is 57.1 Å². The molecule has 0 aliphatic carbocycles. The normalized spacial score (nSPS) is 16.3. The number of hydrogen-bond donors (Lipinski definition) is 1. The van der Waals surface area contributed by atoms with Crippen LogP contribution < -0.4 is 10.2 Å². The number of benzene rings is 2. The van der Waals surface area contributed by atoms with Crippen molar-refractivity contribution in [1.29, 1.82) is 0 Å². The molecule has 2 heterocycles. The third-order valence-corrected chi connectivity index (χ3v) is 6.80. The molecule has 8 heteroatoms. The first kappa shape index (κ1) is 25.7. The van der Waals surface area contributed by atoms with Crippen LogP contribution in [0.2, 0.25) is 0 Å². The Labute approximate surface area is 212 Å². The van der Waals surface area contributed by atoms with Crippen LogP contribution >= 0.6 is 0 Å². The predicted molar refractivity (Wildman–Crippen MR) is 139 cm³/mol. The molecular weight excluding hydrogens is 459 g/mol. The molecule has 0 radical (unpaired) electrons. The average Bonchev–Trinajstić information content (AvgIpc) is 2.88. The van der Waals surface area contributed by atoms with Crippen molar-refractivity contribution in [1.82, 2.24) is 9.80 Å². The highest BCUT2D eigenvalue weighted by atomic mass is 19.1. The van der Waals surface area contributed by atoms with Gasteiger partial charge in [-0.25, -0.2) is 4.39 Å². The van der Waals surface area contributed by atoms with Gasteiger partial charge in [-0.3, -0.25) is 14.4 Å². The number of hydrogen-bond acceptors (Lipinski definition) is 4. The summed E-state index contributed by atoms with van der Waals surface area (Å²) >= 11 is 0. The van der Waals surface area contributed by atoms with Crippen LogP contribution in [0.5, 0.6) is 0 Å². The van der Waals surface area contributed by atoms with Gasteiger partial charge in [0.25, 0.3) is 11.8 Å². The van der Waals surface area contributed by atoms with Gasteiger partial charge in [0.2, 0.25) is 5.91 Å². The second kappa shape index (κ2) is 11.5. The zero-order valence-corrected chi connectivity index (χ0v) is 21.1. The summed E-state index contributed by atoms with van der Waals surface area (Å²) in [6.45, 7) is 7.97. The molecule has 1 N–H and O–H groups in total. The second-order valence-corrected chi connectivity index (χ2v) is 9.98. The largest absolute Gasteiger partial charge is 0.367 e. The van der Waals surface area contributed by atoms with Crippen molar-refractivity contribution in [2.45, 2.75) is 39.5 Å². The molecule has 0 bridgehead atoms. The molecule has 0 atom stereocenters. The van der Waals surface area contributed by atoms with Gasteiger partial charge in [-0.1, -0.05) is 26.0 Å². The van der Waals surface area contributed by atoms with Gasteiger partial charge >= 0.3 is 0 Å². The Kier molecular flexibility index (Phi) is 8.23. The molecule has 2 fully saturated rings. The first-order valence-electron chi connectivity index (χ1n) is 12.9. The maximum Gasteiger partial charge on any atom is 0.258 e. The lowest BCUT2D eigenvalue weighted by Gasteiger charge is -2.38. The summed E-state index contributed by atoms with van der Waals surface area (Å²) in [7, 11) is 0. The Morgan fingerprint density at radius 2 is 1.56 bits per heavy atom. The molecular formula is C28H35FN4O3. The summed E-state index contributed by atoms with van der Waals surface area (Å²) < 4.78 is 14.1. The van der Waals surface area contributed by atoms with Gasteiger partial charge in [-0.15, -0.1) is 0 Å². The van der Waals surface area contributed by atoms with E-state index in [9.17, 15) is 18.8 Å². The molecule has 0 saturated carbocycles. The minimum absolute atomic E-state index is 0.0485.